The summed E-state index contributed by atoms with van der Waals surface area (Å²) in [4.78, 5) is 26.9. The maximum absolute atomic E-state index is 11.9. The summed E-state index contributed by atoms with van der Waals surface area (Å²) in [6, 6.07) is 7.15. The van der Waals surface area contributed by atoms with Gasteiger partial charge in [0.1, 0.15) is 11.4 Å². The zero-order valence-electron chi connectivity index (χ0n) is 11.9. The average molecular weight is 318 g/mol. The first-order chi connectivity index (χ1) is 10.6. The molecule has 0 bridgehead atoms. The number of nitrogens with zero attached hydrogens (tertiary/aromatic N) is 3. The molecular weight excluding hydrogens is 304 g/mol. The number of carbonyl (C=O) groups is 2. The predicted octanol–water partition coefficient (Wildman–Crippen LogP) is 2.62. The Morgan fingerprint density at radius 2 is 2.14 bits per heavy atom. The molecule has 1 heterocycles. The Morgan fingerprint density at radius 1 is 1.36 bits per heavy atom. The van der Waals surface area contributed by atoms with Gasteiger partial charge in [-0.3, -0.25) is 9.59 Å². The summed E-state index contributed by atoms with van der Waals surface area (Å²) in [6.45, 7) is 5.76. The second kappa shape index (κ2) is 7.51. The lowest BCUT2D eigenvalue weighted by molar-refractivity contribution is -0.115. The summed E-state index contributed by atoms with van der Waals surface area (Å²) in [5.74, 6) is -0.144. The van der Waals surface area contributed by atoms with Gasteiger partial charge in [-0.05, 0) is 19.1 Å². The number of amides is 2. The van der Waals surface area contributed by atoms with Gasteiger partial charge in [0.15, 0.2) is 0 Å². The minimum Gasteiger partial charge on any atom is -0.492 e. The average Bonchev–Trinajstić information content (AvgIpc) is 2.51. The van der Waals surface area contributed by atoms with Crippen LogP contribution in [0.25, 0.3) is 0 Å². The number of ether oxygens (including phenoxy) is 1. The van der Waals surface area contributed by atoms with E-state index in [2.05, 4.69) is 27.1 Å². The summed E-state index contributed by atoms with van der Waals surface area (Å²) >= 11 is 1.02. The van der Waals surface area contributed by atoms with E-state index in [0.717, 1.165) is 11.8 Å². The van der Waals surface area contributed by atoms with Gasteiger partial charge in [0.25, 0.3) is 5.91 Å². The zero-order valence-corrected chi connectivity index (χ0v) is 12.7. The maximum Gasteiger partial charge on any atom is 0.299 e. The van der Waals surface area contributed by atoms with Gasteiger partial charge >= 0.3 is 0 Å². The number of aliphatic imine (C=N–C) groups is 1. The van der Waals surface area contributed by atoms with Crippen LogP contribution in [0.2, 0.25) is 0 Å². The zero-order chi connectivity index (χ0) is 15.9. The van der Waals surface area contributed by atoms with Crippen molar-refractivity contribution in [2.75, 3.05) is 17.7 Å². The standard InChI is InChI=1S/C14H14N4O3S/c1-3-21-11-7-5-4-6-10(11)15-12(19)8-22-14-16-13(20)9(2)17-18-14/h4-7H,2-3,8H2,1H3,(H,15,19). The number of carbonyl (C=O) groups excluding carboxylic acids is 2. The number of hydrogen-bond donors (Lipinski definition) is 1. The molecule has 0 aliphatic carbocycles. The third-order valence-electron chi connectivity index (χ3n) is 2.49. The largest absolute Gasteiger partial charge is 0.492 e. The Labute approximate surface area is 131 Å². The van der Waals surface area contributed by atoms with Crippen molar-refractivity contribution in [1.82, 2.24) is 0 Å². The number of thioether (sulfide) groups is 1. The van der Waals surface area contributed by atoms with E-state index < -0.39 is 5.91 Å². The van der Waals surface area contributed by atoms with E-state index in [9.17, 15) is 9.59 Å². The number of nitrogens with one attached hydrogen (secondary N) is 1. The second-order valence-corrected chi connectivity index (χ2v) is 5.05. The molecule has 1 aromatic rings. The van der Waals surface area contributed by atoms with E-state index in [1.54, 1.807) is 18.2 Å². The molecule has 8 heteroatoms. The molecule has 1 N–H and O–H groups in total. The molecule has 7 nitrogen and oxygen atoms in total. The molecule has 22 heavy (non-hydrogen) atoms. The van der Waals surface area contributed by atoms with Gasteiger partial charge in [0, 0.05) is 0 Å². The molecule has 0 radical (unpaired) electrons. The molecule has 0 unspecified atom stereocenters. The number of rotatable bonds is 5. The second-order valence-electron chi connectivity index (χ2n) is 4.11. The Bertz CT molecular complexity index is 670. The number of azo groups is 1. The van der Waals surface area contributed by atoms with E-state index >= 15 is 0 Å². The third kappa shape index (κ3) is 4.26. The van der Waals surface area contributed by atoms with Crippen LogP contribution >= 0.6 is 11.8 Å². The first-order valence-electron chi connectivity index (χ1n) is 6.48. The van der Waals surface area contributed by atoms with E-state index in [1.165, 1.54) is 0 Å². The summed E-state index contributed by atoms with van der Waals surface area (Å²) < 4.78 is 5.43. The number of anilines is 1. The summed E-state index contributed by atoms with van der Waals surface area (Å²) in [7, 11) is 0. The van der Waals surface area contributed by atoms with Gasteiger partial charge < -0.3 is 10.1 Å². The van der Waals surface area contributed by atoms with E-state index in [0.29, 0.717) is 18.0 Å². The molecule has 0 spiro atoms. The van der Waals surface area contributed by atoms with Crippen molar-refractivity contribution in [1.29, 1.82) is 0 Å². The van der Waals surface area contributed by atoms with E-state index in [1.807, 2.05) is 13.0 Å². The topological polar surface area (TPSA) is 92.5 Å². The highest BCUT2D eigenvalue weighted by atomic mass is 32.2. The lowest BCUT2D eigenvalue weighted by Gasteiger charge is -2.11. The van der Waals surface area contributed by atoms with Crippen LogP contribution in [0.1, 0.15) is 6.92 Å². The first kappa shape index (κ1) is 15.9. The van der Waals surface area contributed by atoms with Crippen molar-refractivity contribution in [3.8, 4) is 5.75 Å². The van der Waals surface area contributed by atoms with Crippen LogP contribution < -0.4 is 10.1 Å². The number of amidine groups is 1. The lowest BCUT2D eigenvalue weighted by atomic mass is 10.3. The summed E-state index contributed by atoms with van der Waals surface area (Å²) in [5, 5.41) is 10.2. The Balaban J connectivity index is 1.91. The molecule has 1 aliphatic heterocycles. The highest BCUT2D eigenvalue weighted by Crippen LogP contribution is 2.24. The highest BCUT2D eigenvalue weighted by Gasteiger charge is 2.15. The first-order valence-corrected chi connectivity index (χ1v) is 7.47. The Kier molecular flexibility index (Phi) is 5.42. The summed E-state index contributed by atoms with van der Waals surface area (Å²) in [5.41, 5.74) is 0.575. The van der Waals surface area contributed by atoms with Gasteiger partial charge in [-0.25, -0.2) is 0 Å². The molecule has 2 rings (SSSR count). The van der Waals surface area contributed by atoms with Crippen molar-refractivity contribution >= 4 is 34.4 Å². The smallest absolute Gasteiger partial charge is 0.299 e. The van der Waals surface area contributed by atoms with Crippen molar-refractivity contribution in [2.45, 2.75) is 6.92 Å². The quantitative estimate of drug-likeness (QED) is 0.845. The molecule has 114 valence electrons. The fourth-order valence-electron chi connectivity index (χ4n) is 1.55. The van der Waals surface area contributed by atoms with Crippen molar-refractivity contribution in [2.24, 2.45) is 15.2 Å². The van der Waals surface area contributed by atoms with Crippen LogP contribution in [-0.2, 0) is 9.59 Å². The monoisotopic (exact) mass is 318 g/mol. The fourth-order valence-corrected chi connectivity index (χ4v) is 2.13. The Hall–Kier alpha value is -2.48. The van der Waals surface area contributed by atoms with Crippen LogP contribution in [0.4, 0.5) is 5.69 Å². The number of benzene rings is 1. The molecule has 0 saturated heterocycles. The molecule has 0 aromatic heterocycles. The molecule has 0 saturated carbocycles. The minimum absolute atomic E-state index is 0.0144. The normalized spacial score (nSPS) is 13.8. The van der Waals surface area contributed by atoms with Crippen LogP contribution in [0, 0.1) is 0 Å². The predicted molar refractivity (Wildman–Crippen MR) is 85.1 cm³/mol. The molecular formula is C14H14N4O3S. The third-order valence-corrected chi connectivity index (χ3v) is 3.33. The van der Waals surface area contributed by atoms with Gasteiger partial charge in [0.2, 0.25) is 11.1 Å². The van der Waals surface area contributed by atoms with Crippen molar-refractivity contribution in [3.63, 3.8) is 0 Å². The Morgan fingerprint density at radius 3 is 2.86 bits per heavy atom. The molecule has 0 fully saturated rings. The number of hydrogen-bond acceptors (Lipinski definition) is 6. The van der Waals surface area contributed by atoms with E-state index in [-0.39, 0.29) is 22.5 Å². The van der Waals surface area contributed by atoms with Crippen LogP contribution in [0.3, 0.4) is 0 Å². The van der Waals surface area contributed by atoms with Crippen LogP contribution in [0.15, 0.2) is 51.8 Å². The highest BCUT2D eigenvalue weighted by molar-refractivity contribution is 8.14. The van der Waals surface area contributed by atoms with E-state index in [4.69, 9.17) is 4.74 Å². The van der Waals surface area contributed by atoms with Crippen molar-refractivity contribution in [3.05, 3.63) is 36.5 Å². The van der Waals surface area contributed by atoms with Gasteiger partial charge in [0.05, 0.1) is 18.0 Å². The van der Waals surface area contributed by atoms with Gasteiger partial charge in [-0.15, -0.1) is 10.2 Å². The maximum atomic E-state index is 11.9. The summed E-state index contributed by atoms with van der Waals surface area (Å²) in [6.07, 6.45) is 0. The van der Waals surface area contributed by atoms with Crippen LogP contribution in [-0.4, -0.2) is 29.3 Å². The molecule has 2 amide bonds. The number of para-hydroxylation sites is 2. The fraction of sp³-hybridized carbons (Fsp3) is 0.214. The van der Waals surface area contributed by atoms with Gasteiger partial charge in [-0.1, -0.05) is 30.5 Å². The molecule has 0 atom stereocenters. The molecule has 1 aromatic carbocycles. The molecule has 1 aliphatic rings. The minimum atomic E-state index is -0.542. The van der Waals surface area contributed by atoms with Gasteiger partial charge in [-0.2, -0.15) is 4.99 Å². The lowest BCUT2D eigenvalue weighted by Crippen LogP contribution is -2.16. The SMILES string of the molecule is C=C1N=NC(SCC(=O)Nc2ccccc2OCC)=NC1=O. The van der Waals surface area contributed by atoms with Crippen LogP contribution in [0.5, 0.6) is 5.75 Å². The van der Waals surface area contributed by atoms with Crippen molar-refractivity contribution < 1.29 is 14.3 Å².